The molecule has 0 heterocycles. The van der Waals surface area contributed by atoms with Gasteiger partial charge in [-0.3, -0.25) is 4.79 Å². The third kappa shape index (κ3) is 3.71. The number of ketones is 1. The molecule has 0 aliphatic carbocycles. The number of anilines is 1. The molecule has 0 spiro atoms. The van der Waals surface area contributed by atoms with Crippen LogP contribution in [0.4, 0.5) is 5.69 Å². The van der Waals surface area contributed by atoms with Gasteiger partial charge < -0.3 is 10.4 Å². The summed E-state index contributed by atoms with van der Waals surface area (Å²) in [6, 6.07) is 15.8. The Morgan fingerprint density at radius 1 is 1.05 bits per heavy atom. The van der Waals surface area contributed by atoms with Crippen molar-refractivity contribution in [3.63, 3.8) is 0 Å². The van der Waals surface area contributed by atoms with Gasteiger partial charge in [0.15, 0.2) is 5.78 Å². The third-order valence-corrected chi connectivity index (χ3v) is 2.61. The number of phenols is 1. The number of hydrogen-bond acceptors (Lipinski definition) is 3. The molecule has 0 saturated heterocycles. The second-order valence-electron chi connectivity index (χ2n) is 4.23. The minimum absolute atomic E-state index is 0.0376. The van der Waals surface area contributed by atoms with E-state index in [9.17, 15) is 9.90 Å². The SMILES string of the molecule is C/C(=C\C(=O)c1ccccc1)Nc1ccc(O)cc1. The Hall–Kier alpha value is -2.55. The molecule has 3 heteroatoms. The van der Waals surface area contributed by atoms with Crippen molar-refractivity contribution >= 4 is 11.5 Å². The Morgan fingerprint density at radius 2 is 1.68 bits per heavy atom. The number of nitrogens with one attached hydrogen (secondary N) is 1. The van der Waals surface area contributed by atoms with Crippen LogP contribution in [0.2, 0.25) is 0 Å². The van der Waals surface area contributed by atoms with Crippen LogP contribution in [-0.2, 0) is 0 Å². The Labute approximate surface area is 112 Å². The Kier molecular flexibility index (Phi) is 3.98. The number of benzene rings is 2. The predicted octanol–water partition coefficient (Wildman–Crippen LogP) is 3.59. The lowest BCUT2D eigenvalue weighted by Gasteiger charge is -2.06. The molecule has 2 N–H and O–H groups in total. The van der Waals surface area contributed by atoms with E-state index in [4.69, 9.17) is 0 Å². The molecule has 2 rings (SSSR count). The van der Waals surface area contributed by atoms with Crippen LogP contribution in [-0.4, -0.2) is 10.9 Å². The Balaban J connectivity index is 2.07. The van der Waals surface area contributed by atoms with Gasteiger partial charge in [0, 0.05) is 23.0 Å². The third-order valence-electron chi connectivity index (χ3n) is 2.61. The van der Waals surface area contributed by atoms with E-state index in [0.717, 1.165) is 11.4 Å². The summed E-state index contributed by atoms with van der Waals surface area (Å²) in [5.41, 5.74) is 2.24. The summed E-state index contributed by atoms with van der Waals surface area (Å²) in [5.74, 6) is 0.178. The molecule has 0 aliphatic rings. The van der Waals surface area contributed by atoms with Crippen LogP contribution >= 0.6 is 0 Å². The number of aromatic hydroxyl groups is 1. The van der Waals surface area contributed by atoms with Crippen LogP contribution in [0, 0.1) is 0 Å². The van der Waals surface area contributed by atoms with Gasteiger partial charge in [0.2, 0.25) is 0 Å². The average molecular weight is 253 g/mol. The molecule has 0 saturated carbocycles. The molecular formula is C16H15NO2. The summed E-state index contributed by atoms with van der Waals surface area (Å²) in [6.45, 7) is 1.83. The quantitative estimate of drug-likeness (QED) is 0.497. The molecule has 2 aromatic rings. The van der Waals surface area contributed by atoms with Gasteiger partial charge in [0.05, 0.1) is 0 Å². The van der Waals surface area contributed by atoms with E-state index in [1.165, 1.54) is 0 Å². The van der Waals surface area contributed by atoms with Crippen LogP contribution in [0.3, 0.4) is 0 Å². The first-order valence-electron chi connectivity index (χ1n) is 5.99. The first kappa shape index (κ1) is 12.9. The maximum atomic E-state index is 11.9. The monoisotopic (exact) mass is 253 g/mol. The highest BCUT2D eigenvalue weighted by Crippen LogP contribution is 2.15. The fourth-order valence-corrected chi connectivity index (χ4v) is 1.69. The summed E-state index contributed by atoms with van der Waals surface area (Å²) >= 11 is 0. The van der Waals surface area contributed by atoms with Crippen molar-refractivity contribution in [3.05, 3.63) is 71.9 Å². The van der Waals surface area contributed by atoms with E-state index in [2.05, 4.69) is 5.32 Å². The van der Waals surface area contributed by atoms with Crippen LogP contribution in [0.25, 0.3) is 0 Å². The first-order valence-corrected chi connectivity index (χ1v) is 5.99. The maximum absolute atomic E-state index is 11.9. The molecule has 0 amide bonds. The zero-order valence-electron chi connectivity index (χ0n) is 10.6. The van der Waals surface area contributed by atoms with Gasteiger partial charge in [-0.2, -0.15) is 0 Å². The highest BCUT2D eigenvalue weighted by molar-refractivity contribution is 6.05. The molecule has 0 radical (unpaired) electrons. The zero-order valence-corrected chi connectivity index (χ0v) is 10.6. The molecule has 96 valence electrons. The lowest BCUT2D eigenvalue weighted by molar-refractivity contribution is 0.104. The topological polar surface area (TPSA) is 49.3 Å². The van der Waals surface area contributed by atoms with Crippen molar-refractivity contribution in [2.45, 2.75) is 6.92 Å². The molecule has 0 atom stereocenters. The van der Waals surface area contributed by atoms with Gasteiger partial charge in [-0.25, -0.2) is 0 Å². The Morgan fingerprint density at radius 3 is 2.32 bits per heavy atom. The van der Waals surface area contributed by atoms with E-state index in [1.54, 1.807) is 42.5 Å². The molecular weight excluding hydrogens is 238 g/mol. The zero-order chi connectivity index (χ0) is 13.7. The van der Waals surface area contributed by atoms with Crippen molar-refractivity contribution in [1.29, 1.82) is 0 Å². The van der Waals surface area contributed by atoms with Crippen molar-refractivity contribution in [2.75, 3.05) is 5.32 Å². The van der Waals surface area contributed by atoms with E-state index >= 15 is 0 Å². The highest BCUT2D eigenvalue weighted by atomic mass is 16.3. The average Bonchev–Trinajstić information content (AvgIpc) is 2.42. The molecule has 0 aliphatic heterocycles. The largest absolute Gasteiger partial charge is 0.508 e. The van der Waals surface area contributed by atoms with Gasteiger partial charge in [0.25, 0.3) is 0 Å². The minimum Gasteiger partial charge on any atom is -0.508 e. The number of carbonyl (C=O) groups is 1. The molecule has 2 aromatic carbocycles. The lowest BCUT2D eigenvalue weighted by atomic mass is 10.1. The van der Waals surface area contributed by atoms with Gasteiger partial charge >= 0.3 is 0 Å². The van der Waals surface area contributed by atoms with Gasteiger partial charge in [-0.15, -0.1) is 0 Å². The van der Waals surface area contributed by atoms with Crippen molar-refractivity contribution in [3.8, 4) is 5.75 Å². The molecule has 19 heavy (non-hydrogen) atoms. The predicted molar refractivity (Wildman–Crippen MR) is 76.3 cm³/mol. The number of phenolic OH excluding ortho intramolecular Hbond substituents is 1. The van der Waals surface area contributed by atoms with Crippen molar-refractivity contribution < 1.29 is 9.90 Å². The maximum Gasteiger partial charge on any atom is 0.187 e. The minimum atomic E-state index is -0.0376. The molecule has 0 unspecified atom stereocenters. The number of carbonyl (C=O) groups excluding carboxylic acids is 1. The summed E-state index contributed by atoms with van der Waals surface area (Å²) in [7, 11) is 0. The summed E-state index contributed by atoms with van der Waals surface area (Å²) in [4.78, 5) is 11.9. The second kappa shape index (κ2) is 5.87. The summed E-state index contributed by atoms with van der Waals surface area (Å²) < 4.78 is 0. The Bertz CT molecular complexity index is 586. The molecule has 0 bridgehead atoms. The van der Waals surface area contributed by atoms with Gasteiger partial charge in [0.1, 0.15) is 5.75 Å². The molecule has 0 fully saturated rings. The first-order chi connectivity index (χ1) is 9.15. The molecule has 0 aromatic heterocycles. The van der Waals surface area contributed by atoms with Crippen LogP contribution in [0.1, 0.15) is 17.3 Å². The van der Waals surface area contributed by atoms with Gasteiger partial charge in [-0.05, 0) is 31.2 Å². The van der Waals surface area contributed by atoms with Gasteiger partial charge in [-0.1, -0.05) is 30.3 Å². The van der Waals surface area contributed by atoms with E-state index in [0.29, 0.717) is 5.56 Å². The fraction of sp³-hybridized carbons (Fsp3) is 0.0625. The van der Waals surface area contributed by atoms with E-state index in [1.807, 2.05) is 25.1 Å². The van der Waals surface area contributed by atoms with Crippen molar-refractivity contribution in [1.82, 2.24) is 0 Å². The van der Waals surface area contributed by atoms with Crippen LogP contribution in [0.5, 0.6) is 5.75 Å². The van der Waals surface area contributed by atoms with Crippen LogP contribution in [0.15, 0.2) is 66.4 Å². The van der Waals surface area contributed by atoms with E-state index in [-0.39, 0.29) is 11.5 Å². The smallest absolute Gasteiger partial charge is 0.187 e. The summed E-state index contributed by atoms with van der Waals surface area (Å²) in [5, 5.41) is 12.3. The van der Waals surface area contributed by atoms with Crippen LogP contribution < -0.4 is 5.32 Å². The van der Waals surface area contributed by atoms with Crippen molar-refractivity contribution in [2.24, 2.45) is 0 Å². The molecule has 3 nitrogen and oxygen atoms in total. The lowest BCUT2D eigenvalue weighted by Crippen LogP contribution is -2.01. The normalized spacial score (nSPS) is 11.1. The highest BCUT2D eigenvalue weighted by Gasteiger charge is 2.02. The number of allylic oxidation sites excluding steroid dienone is 2. The summed E-state index contributed by atoms with van der Waals surface area (Å²) in [6.07, 6.45) is 1.56. The second-order valence-corrected chi connectivity index (χ2v) is 4.23. The van der Waals surface area contributed by atoms with E-state index < -0.39 is 0 Å². The standard InChI is InChI=1S/C16H15NO2/c1-12(17-14-7-9-15(18)10-8-14)11-16(19)13-5-3-2-4-6-13/h2-11,17-18H,1H3/b12-11+. The number of rotatable bonds is 4. The number of hydrogen-bond donors (Lipinski definition) is 2. The fourth-order valence-electron chi connectivity index (χ4n) is 1.69.